The molecular formula is C2H10OSi2. The third-order valence-electron chi connectivity index (χ3n) is 0. The highest BCUT2D eigenvalue weighted by Gasteiger charge is 2.03. The molecule has 0 aromatic rings. The zero-order valence-corrected chi connectivity index (χ0v) is 6.95. The molecule has 0 fully saturated rings. The van der Waals surface area contributed by atoms with Crippen molar-refractivity contribution >= 4 is 17.6 Å². The number of hydrogen-bond donors (Lipinski definition) is 1. The molecule has 0 aliphatic carbocycles. The molecule has 0 amide bonds. The highest BCUT2D eigenvalue weighted by Crippen LogP contribution is 1.81. The summed E-state index contributed by atoms with van der Waals surface area (Å²) in [4.78, 5) is 8.72. The van der Waals surface area contributed by atoms with Crippen molar-refractivity contribution in [2.45, 2.75) is 13.1 Å². The summed E-state index contributed by atoms with van der Waals surface area (Å²) in [5.41, 5.74) is 0. The van der Waals surface area contributed by atoms with Gasteiger partial charge < -0.3 is 4.80 Å². The van der Waals surface area contributed by atoms with E-state index in [2.05, 4.69) is 0 Å². The highest BCUT2D eigenvalue weighted by molar-refractivity contribution is 7.11. The average molecular weight is 106 g/mol. The lowest BCUT2D eigenvalue weighted by Crippen LogP contribution is -2.24. The Morgan fingerprint density at radius 3 is 1.60 bits per heavy atom. The normalized spacial score (nSPS) is 12.6. The fourth-order valence-corrected chi connectivity index (χ4v) is 0. The summed E-state index contributed by atoms with van der Waals surface area (Å²) in [5.74, 6) is 0. The van der Waals surface area contributed by atoms with Crippen molar-refractivity contribution in [1.29, 1.82) is 0 Å². The van der Waals surface area contributed by atoms with E-state index in [4.69, 9.17) is 4.80 Å². The topological polar surface area (TPSA) is 20.2 Å². The first-order valence-electron chi connectivity index (χ1n) is 1.72. The van der Waals surface area contributed by atoms with Crippen LogP contribution in [0.1, 0.15) is 0 Å². The molecule has 32 valence electrons. The minimum Gasteiger partial charge on any atom is -0.436 e. The second-order valence-corrected chi connectivity index (χ2v) is 13.9. The van der Waals surface area contributed by atoms with Crippen molar-refractivity contribution in [1.82, 2.24) is 0 Å². The van der Waals surface area contributed by atoms with E-state index in [0.29, 0.717) is 0 Å². The summed E-state index contributed by atoms with van der Waals surface area (Å²) in [6.45, 7) is 3.89. The Balaban J connectivity index is 3.02. The lowest BCUT2D eigenvalue weighted by atomic mass is 11.9. The van der Waals surface area contributed by atoms with E-state index >= 15 is 0 Å². The molecule has 0 radical (unpaired) electrons. The fourth-order valence-electron chi connectivity index (χ4n) is 0. The van der Waals surface area contributed by atoms with Crippen LogP contribution < -0.4 is 0 Å². The Morgan fingerprint density at radius 2 is 1.60 bits per heavy atom. The summed E-state index contributed by atoms with van der Waals surface area (Å²) >= 11 is 0. The van der Waals surface area contributed by atoms with Crippen LogP contribution in [0.5, 0.6) is 0 Å². The van der Waals surface area contributed by atoms with E-state index in [0.717, 1.165) is 9.76 Å². The molecule has 0 aromatic carbocycles. The largest absolute Gasteiger partial charge is 0.436 e. The summed E-state index contributed by atoms with van der Waals surface area (Å²) in [7, 11) is -0.470. The molecule has 0 aliphatic rings. The quantitative estimate of drug-likeness (QED) is 0.395. The monoisotopic (exact) mass is 106 g/mol. The van der Waals surface area contributed by atoms with Gasteiger partial charge in [0.1, 0.15) is 0 Å². The third-order valence-corrected chi connectivity index (χ3v) is 0. The Labute approximate surface area is 36.4 Å². The first-order valence-corrected chi connectivity index (χ1v) is 8.17. The van der Waals surface area contributed by atoms with Crippen LogP contribution in [0.3, 0.4) is 0 Å². The SMILES string of the molecule is C[Si](C)(O)[SiH3]. The van der Waals surface area contributed by atoms with Crippen LogP contribution in [0.15, 0.2) is 0 Å². The fraction of sp³-hybridized carbons (Fsp3) is 1.00. The van der Waals surface area contributed by atoms with Crippen molar-refractivity contribution in [2.24, 2.45) is 0 Å². The Kier molecular flexibility index (Phi) is 1.34. The first kappa shape index (κ1) is 5.39. The Hall–Kier alpha value is 0.394. The molecule has 0 rings (SSSR count). The van der Waals surface area contributed by atoms with Crippen LogP contribution in [-0.2, 0) is 0 Å². The standard InChI is InChI=1S/C2H10OSi2/c1-5(2,3)4/h3H,1-2,4H3. The summed E-state index contributed by atoms with van der Waals surface area (Å²) in [6, 6.07) is 0. The maximum absolute atomic E-state index is 8.72. The third kappa shape index (κ3) is 162. The van der Waals surface area contributed by atoms with Gasteiger partial charge >= 0.3 is 0 Å². The molecule has 0 unspecified atom stereocenters. The second kappa shape index (κ2) is 1.24. The van der Waals surface area contributed by atoms with Gasteiger partial charge in [0.15, 0.2) is 7.83 Å². The van der Waals surface area contributed by atoms with Crippen LogP contribution in [0.25, 0.3) is 0 Å². The van der Waals surface area contributed by atoms with E-state index in [9.17, 15) is 0 Å². The molecule has 5 heavy (non-hydrogen) atoms. The van der Waals surface area contributed by atoms with Gasteiger partial charge in [-0.1, -0.05) is 0 Å². The predicted molar refractivity (Wildman–Crippen MR) is 29.6 cm³/mol. The minimum atomic E-state index is -1.47. The molecule has 3 heteroatoms. The number of rotatable bonds is 0. The van der Waals surface area contributed by atoms with Crippen molar-refractivity contribution in [2.75, 3.05) is 0 Å². The Bertz CT molecular complexity index is 23.1. The molecule has 1 nitrogen and oxygen atoms in total. The molecule has 0 aliphatic heterocycles. The van der Waals surface area contributed by atoms with Gasteiger partial charge in [-0.15, -0.1) is 0 Å². The lowest BCUT2D eigenvalue weighted by molar-refractivity contribution is 0.577. The average Bonchev–Trinajstić information content (AvgIpc) is 0.722. The summed E-state index contributed by atoms with van der Waals surface area (Å²) < 4.78 is 0. The molecule has 1 N–H and O–H groups in total. The van der Waals surface area contributed by atoms with E-state index in [1.165, 1.54) is 0 Å². The van der Waals surface area contributed by atoms with Crippen LogP contribution in [0.4, 0.5) is 0 Å². The zero-order valence-electron chi connectivity index (χ0n) is 3.95. The molecule has 0 aromatic heterocycles. The number of hydrogen-bond acceptors (Lipinski definition) is 1. The van der Waals surface area contributed by atoms with Crippen molar-refractivity contribution < 1.29 is 4.80 Å². The zero-order chi connectivity index (χ0) is 4.50. The second-order valence-electron chi connectivity index (χ2n) is 2.17. The van der Waals surface area contributed by atoms with Gasteiger partial charge in [-0.05, 0) is 13.1 Å². The molecule has 0 saturated heterocycles. The highest BCUT2D eigenvalue weighted by atomic mass is 29.2. The van der Waals surface area contributed by atoms with Crippen molar-refractivity contribution in [3.63, 3.8) is 0 Å². The van der Waals surface area contributed by atoms with E-state index in [-0.39, 0.29) is 0 Å². The molecule has 0 saturated carbocycles. The van der Waals surface area contributed by atoms with E-state index < -0.39 is 7.83 Å². The lowest BCUT2D eigenvalue weighted by Gasteiger charge is -2.00. The summed E-state index contributed by atoms with van der Waals surface area (Å²) in [5, 5.41) is 0. The van der Waals surface area contributed by atoms with Gasteiger partial charge in [0.25, 0.3) is 0 Å². The van der Waals surface area contributed by atoms with Gasteiger partial charge in [0.2, 0.25) is 0 Å². The molecular weight excluding hydrogens is 96.2 g/mol. The molecule has 0 bridgehead atoms. The van der Waals surface area contributed by atoms with E-state index in [1.807, 2.05) is 13.1 Å². The Morgan fingerprint density at radius 1 is 1.60 bits per heavy atom. The maximum atomic E-state index is 8.72. The van der Waals surface area contributed by atoms with Gasteiger partial charge in [-0.2, -0.15) is 0 Å². The predicted octanol–water partition coefficient (Wildman–Crippen LogP) is -0.954. The van der Waals surface area contributed by atoms with Crippen molar-refractivity contribution in [3.05, 3.63) is 0 Å². The van der Waals surface area contributed by atoms with Gasteiger partial charge in [-0.3, -0.25) is 0 Å². The van der Waals surface area contributed by atoms with Gasteiger partial charge in [-0.25, -0.2) is 0 Å². The van der Waals surface area contributed by atoms with Crippen LogP contribution in [0.2, 0.25) is 13.1 Å². The van der Waals surface area contributed by atoms with Crippen LogP contribution in [-0.4, -0.2) is 22.4 Å². The summed E-state index contributed by atoms with van der Waals surface area (Å²) in [6.07, 6.45) is 0. The maximum Gasteiger partial charge on any atom is 0.158 e. The molecule has 0 spiro atoms. The van der Waals surface area contributed by atoms with Crippen LogP contribution in [0, 0.1) is 0 Å². The van der Waals surface area contributed by atoms with Gasteiger partial charge in [0, 0.05) is 9.76 Å². The minimum absolute atomic E-state index is 1.00. The van der Waals surface area contributed by atoms with E-state index in [1.54, 1.807) is 0 Å². The molecule has 0 atom stereocenters. The molecule has 0 heterocycles. The first-order chi connectivity index (χ1) is 2.00. The van der Waals surface area contributed by atoms with Crippen molar-refractivity contribution in [3.8, 4) is 0 Å². The van der Waals surface area contributed by atoms with Crippen LogP contribution >= 0.6 is 0 Å². The van der Waals surface area contributed by atoms with Gasteiger partial charge in [0.05, 0.1) is 0 Å². The smallest absolute Gasteiger partial charge is 0.158 e.